The smallest absolute Gasteiger partial charge is 0.151 e. The normalized spacial score (nSPS) is 12.9. The molecule has 0 saturated carbocycles. The highest BCUT2D eigenvalue weighted by atomic mass is 32.1. The van der Waals surface area contributed by atoms with Gasteiger partial charge in [0.15, 0.2) is 5.82 Å². The van der Waals surface area contributed by atoms with E-state index in [-0.39, 0.29) is 6.04 Å². The molecule has 0 aromatic carbocycles. The van der Waals surface area contributed by atoms with Crippen LogP contribution in [-0.2, 0) is 13.5 Å². The highest BCUT2D eigenvalue weighted by Gasteiger charge is 2.12. The van der Waals surface area contributed by atoms with Gasteiger partial charge in [-0.25, -0.2) is 9.97 Å². The van der Waals surface area contributed by atoms with Crippen LogP contribution in [0.25, 0.3) is 0 Å². The zero-order valence-corrected chi connectivity index (χ0v) is 12.1. The Hall–Kier alpha value is -1.27. The number of thiazole rings is 1. The van der Waals surface area contributed by atoms with Crippen molar-refractivity contribution in [2.24, 2.45) is 7.05 Å². The Balaban J connectivity index is 1.85. The number of aromatic nitrogens is 4. The van der Waals surface area contributed by atoms with Crippen LogP contribution in [0.1, 0.15) is 34.4 Å². The summed E-state index contributed by atoms with van der Waals surface area (Å²) in [6, 6.07) is 0.277. The van der Waals surface area contributed by atoms with Crippen LogP contribution in [0.4, 0.5) is 0 Å². The van der Waals surface area contributed by atoms with E-state index in [9.17, 15) is 0 Å². The van der Waals surface area contributed by atoms with Crippen LogP contribution in [0, 0.1) is 13.8 Å². The number of nitrogens with zero attached hydrogens (tertiary/aromatic N) is 4. The summed E-state index contributed by atoms with van der Waals surface area (Å²) in [4.78, 5) is 10.1. The Labute approximate surface area is 111 Å². The molecule has 0 saturated heterocycles. The standard InChI is InChI=1S/C12H19N5S/c1-8(12-9(2)18-10(3)15-12)13-6-5-11-14-7-17(4)16-11/h7-8,13H,5-6H2,1-4H3. The zero-order valence-electron chi connectivity index (χ0n) is 11.3. The summed E-state index contributed by atoms with van der Waals surface area (Å²) in [5, 5.41) is 8.85. The van der Waals surface area contributed by atoms with Crippen molar-refractivity contribution in [3.05, 3.63) is 27.7 Å². The van der Waals surface area contributed by atoms with Crippen LogP contribution >= 0.6 is 11.3 Å². The molecule has 2 aromatic rings. The van der Waals surface area contributed by atoms with Gasteiger partial charge in [-0.15, -0.1) is 11.3 Å². The summed E-state index contributed by atoms with van der Waals surface area (Å²) >= 11 is 1.75. The van der Waals surface area contributed by atoms with E-state index in [1.165, 1.54) is 4.88 Å². The molecule has 6 heteroatoms. The van der Waals surface area contributed by atoms with E-state index in [1.54, 1.807) is 22.3 Å². The molecule has 5 nitrogen and oxygen atoms in total. The molecule has 0 aliphatic heterocycles. The molecule has 0 aliphatic carbocycles. The molecule has 0 radical (unpaired) electrons. The van der Waals surface area contributed by atoms with Gasteiger partial charge >= 0.3 is 0 Å². The van der Waals surface area contributed by atoms with E-state index in [2.05, 4.69) is 34.2 Å². The number of rotatable bonds is 5. The Bertz CT molecular complexity index is 516. The van der Waals surface area contributed by atoms with Crippen LogP contribution in [0.2, 0.25) is 0 Å². The maximum absolute atomic E-state index is 4.56. The van der Waals surface area contributed by atoms with Gasteiger partial charge in [0.1, 0.15) is 6.33 Å². The first-order valence-corrected chi connectivity index (χ1v) is 6.89. The minimum Gasteiger partial charge on any atom is -0.308 e. The van der Waals surface area contributed by atoms with Crippen molar-refractivity contribution < 1.29 is 0 Å². The second kappa shape index (κ2) is 5.58. The minimum absolute atomic E-state index is 0.277. The molecule has 1 atom stereocenters. The number of aryl methyl sites for hydroxylation is 3. The highest BCUT2D eigenvalue weighted by molar-refractivity contribution is 7.11. The fourth-order valence-corrected chi connectivity index (χ4v) is 2.86. The van der Waals surface area contributed by atoms with E-state index >= 15 is 0 Å². The third-order valence-corrected chi connectivity index (χ3v) is 3.70. The molecular formula is C12H19N5S. The molecule has 2 heterocycles. The molecule has 1 unspecified atom stereocenters. The van der Waals surface area contributed by atoms with Crippen molar-refractivity contribution in [1.82, 2.24) is 25.1 Å². The van der Waals surface area contributed by atoms with Crippen molar-refractivity contribution in [3.8, 4) is 0 Å². The SMILES string of the molecule is Cc1nc(C(C)NCCc2ncn(C)n2)c(C)s1. The fraction of sp³-hybridized carbons (Fsp3) is 0.583. The van der Waals surface area contributed by atoms with Gasteiger partial charge in [0.2, 0.25) is 0 Å². The van der Waals surface area contributed by atoms with Gasteiger partial charge in [0, 0.05) is 30.9 Å². The summed E-state index contributed by atoms with van der Waals surface area (Å²) in [6.45, 7) is 7.18. The fourth-order valence-electron chi connectivity index (χ4n) is 1.94. The maximum atomic E-state index is 4.56. The van der Waals surface area contributed by atoms with E-state index in [0.717, 1.165) is 29.5 Å². The molecule has 18 heavy (non-hydrogen) atoms. The molecule has 0 bridgehead atoms. The molecule has 1 N–H and O–H groups in total. The molecule has 0 fully saturated rings. The lowest BCUT2D eigenvalue weighted by atomic mass is 10.2. The summed E-state index contributed by atoms with van der Waals surface area (Å²) in [5.41, 5.74) is 1.16. The van der Waals surface area contributed by atoms with Crippen LogP contribution < -0.4 is 5.32 Å². The number of hydrogen-bond donors (Lipinski definition) is 1. The first-order valence-electron chi connectivity index (χ1n) is 6.08. The number of nitrogens with one attached hydrogen (secondary N) is 1. The van der Waals surface area contributed by atoms with Crippen molar-refractivity contribution in [1.29, 1.82) is 0 Å². The Morgan fingerprint density at radius 3 is 2.78 bits per heavy atom. The number of hydrogen-bond acceptors (Lipinski definition) is 5. The summed E-state index contributed by atoms with van der Waals surface area (Å²) in [7, 11) is 1.88. The van der Waals surface area contributed by atoms with E-state index in [1.807, 2.05) is 14.0 Å². The quantitative estimate of drug-likeness (QED) is 0.895. The molecule has 2 rings (SSSR count). The van der Waals surface area contributed by atoms with Gasteiger partial charge in [0.25, 0.3) is 0 Å². The average Bonchev–Trinajstić information content (AvgIpc) is 2.85. The molecule has 0 spiro atoms. The van der Waals surface area contributed by atoms with Crippen molar-refractivity contribution in [2.75, 3.05) is 6.54 Å². The second-order valence-electron chi connectivity index (χ2n) is 4.43. The van der Waals surface area contributed by atoms with Crippen molar-refractivity contribution in [2.45, 2.75) is 33.2 Å². The van der Waals surface area contributed by atoms with Crippen LogP contribution in [0.3, 0.4) is 0 Å². The molecule has 0 amide bonds. The van der Waals surface area contributed by atoms with E-state index in [0.29, 0.717) is 0 Å². The largest absolute Gasteiger partial charge is 0.308 e. The van der Waals surface area contributed by atoms with E-state index in [4.69, 9.17) is 0 Å². The molecule has 98 valence electrons. The maximum Gasteiger partial charge on any atom is 0.151 e. The van der Waals surface area contributed by atoms with Crippen LogP contribution in [0.5, 0.6) is 0 Å². The van der Waals surface area contributed by atoms with Gasteiger partial charge in [-0.05, 0) is 20.8 Å². The summed E-state index contributed by atoms with van der Waals surface area (Å²) < 4.78 is 1.73. The third-order valence-electron chi connectivity index (χ3n) is 2.80. The predicted molar refractivity (Wildman–Crippen MR) is 72.7 cm³/mol. The second-order valence-corrected chi connectivity index (χ2v) is 5.84. The minimum atomic E-state index is 0.277. The zero-order chi connectivity index (χ0) is 13.1. The van der Waals surface area contributed by atoms with E-state index < -0.39 is 0 Å². The lowest BCUT2D eigenvalue weighted by molar-refractivity contribution is 0.556. The Morgan fingerprint density at radius 2 is 2.22 bits per heavy atom. The van der Waals surface area contributed by atoms with Crippen molar-refractivity contribution in [3.63, 3.8) is 0 Å². The highest BCUT2D eigenvalue weighted by Crippen LogP contribution is 2.22. The predicted octanol–water partition coefficient (Wildman–Crippen LogP) is 1.78. The summed E-state index contributed by atoms with van der Waals surface area (Å²) in [5.74, 6) is 0.878. The van der Waals surface area contributed by atoms with Crippen LogP contribution in [0.15, 0.2) is 6.33 Å². The van der Waals surface area contributed by atoms with Gasteiger partial charge in [-0.2, -0.15) is 5.10 Å². The van der Waals surface area contributed by atoms with Gasteiger partial charge in [-0.1, -0.05) is 0 Å². The molecule has 2 aromatic heterocycles. The van der Waals surface area contributed by atoms with Gasteiger partial charge in [0.05, 0.1) is 10.7 Å². The average molecular weight is 265 g/mol. The Kier molecular flexibility index (Phi) is 4.08. The monoisotopic (exact) mass is 265 g/mol. The molecule has 0 aliphatic rings. The first-order chi connectivity index (χ1) is 8.56. The van der Waals surface area contributed by atoms with Gasteiger partial charge < -0.3 is 5.32 Å². The van der Waals surface area contributed by atoms with Crippen molar-refractivity contribution >= 4 is 11.3 Å². The van der Waals surface area contributed by atoms with Crippen LogP contribution in [-0.4, -0.2) is 26.3 Å². The lowest BCUT2D eigenvalue weighted by Crippen LogP contribution is -2.22. The topological polar surface area (TPSA) is 55.6 Å². The molecular weight excluding hydrogens is 246 g/mol. The Morgan fingerprint density at radius 1 is 1.44 bits per heavy atom. The lowest BCUT2D eigenvalue weighted by Gasteiger charge is -2.11. The first kappa shape index (κ1) is 13.2. The third kappa shape index (κ3) is 3.14. The summed E-state index contributed by atoms with van der Waals surface area (Å²) in [6.07, 6.45) is 2.57. The van der Waals surface area contributed by atoms with Gasteiger partial charge in [-0.3, -0.25) is 4.68 Å².